The van der Waals surface area contributed by atoms with Gasteiger partial charge in [0.15, 0.2) is 17.3 Å². The molecule has 4 heterocycles. The van der Waals surface area contributed by atoms with Crippen molar-refractivity contribution in [2.45, 2.75) is 13.2 Å². The summed E-state index contributed by atoms with van der Waals surface area (Å²) in [5.41, 5.74) is 9.03. The Labute approximate surface area is 175 Å². The highest BCUT2D eigenvalue weighted by Gasteiger charge is 2.21. The van der Waals surface area contributed by atoms with Gasteiger partial charge in [0, 0.05) is 34.6 Å². The number of halogens is 2. The van der Waals surface area contributed by atoms with Crippen LogP contribution < -0.4 is 10.5 Å². The molecule has 31 heavy (non-hydrogen) atoms. The molecule has 0 unspecified atom stereocenters. The molecule has 3 aromatic heterocycles. The summed E-state index contributed by atoms with van der Waals surface area (Å²) in [5, 5.41) is 9.54. The largest absolute Gasteiger partial charge is 0.485 e. The molecule has 2 bridgehead atoms. The van der Waals surface area contributed by atoms with Gasteiger partial charge in [0.1, 0.15) is 24.3 Å². The van der Waals surface area contributed by atoms with E-state index in [1.54, 1.807) is 16.7 Å². The molecule has 0 saturated heterocycles. The zero-order chi connectivity index (χ0) is 21.5. The lowest BCUT2D eigenvalue weighted by molar-refractivity contribution is 0.307. The van der Waals surface area contributed by atoms with Gasteiger partial charge in [-0.3, -0.25) is 4.98 Å². The van der Waals surface area contributed by atoms with Crippen molar-refractivity contribution in [1.29, 1.82) is 5.26 Å². The first kappa shape index (κ1) is 18.7. The number of nitrogen functional groups attached to an aromatic ring is 1. The molecule has 7 nitrogen and oxygen atoms in total. The Hall–Kier alpha value is -4.32. The molecule has 1 aliphatic rings. The third-order valence-corrected chi connectivity index (χ3v) is 5.17. The zero-order valence-electron chi connectivity index (χ0n) is 16.0. The van der Waals surface area contributed by atoms with Gasteiger partial charge in [-0.15, -0.1) is 0 Å². The molecule has 1 aromatic carbocycles. The highest BCUT2D eigenvalue weighted by Crippen LogP contribution is 2.35. The summed E-state index contributed by atoms with van der Waals surface area (Å²) in [7, 11) is 0. The number of pyridine rings is 2. The molecular formula is C22H14F2N6O. The van der Waals surface area contributed by atoms with Crippen molar-refractivity contribution in [1.82, 2.24) is 19.5 Å². The van der Waals surface area contributed by atoms with Gasteiger partial charge in [0.2, 0.25) is 0 Å². The first-order valence-corrected chi connectivity index (χ1v) is 9.30. The van der Waals surface area contributed by atoms with Crippen LogP contribution in [-0.2, 0) is 13.2 Å². The molecule has 1 aliphatic heterocycles. The topological polar surface area (TPSA) is 103 Å². The van der Waals surface area contributed by atoms with Gasteiger partial charge in [-0.05, 0) is 23.8 Å². The summed E-state index contributed by atoms with van der Waals surface area (Å²) < 4.78 is 36.5. The molecule has 0 radical (unpaired) electrons. The van der Waals surface area contributed by atoms with Crippen LogP contribution in [0.2, 0.25) is 0 Å². The van der Waals surface area contributed by atoms with E-state index < -0.39 is 11.6 Å². The number of imidazole rings is 1. The van der Waals surface area contributed by atoms with Crippen LogP contribution in [0.5, 0.6) is 5.75 Å². The van der Waals surface area contributed by atoms with Crippen LogP contribution >= 0.6 is 0 Å². The first-order valence-electron chi connectivity index (χ1n) is 9.30. The molecule has 0 amide bonds. The molecule has 5 rings (SSSR count). The molecule has 0 atom stereocenters. The molecule has 2 N–H and O–H groups in total. The van der Waals surface area contributed by atoms with Gasteiger partial charge in [-0.2, -0.15) is 5.26 Å². The monoisotopic (exact) mass is 416 g/mol. The van der Waals surface area contributed by atoms with Crippen molar-refractivity contribution < 1.29 is 13.5 Å². The Morgan fingerprint density at radius 3 is 2.81 bits per heavy atom. The second kappa shape index (κ2) is 7.18. The normalized spacial score (nSPS) is 12.3. The van der Waals surface area contributed by atoms with Gasteiger partial charge >= 0.3 is 0 Å². The summed E-state index contributed by atoms with van der Waals surface area (Å²) >= 11 is 0. The van der Waals surface area contributed by atoms with E-state index in [1.807, 2.05) is 0 Å². The van der Waals surface area contributed by atoms with Crippen LogP contribution in [0, 0.1) is 23.0 Å². The maximum Gasteiger partial charge on any atom is 0.166 e. The van der Waals surface area contributed by atoms with Crippen LogP contribution in [0.25, 0.3) is 22.4 Å². The summed E-state index contributed by atoms with van der Waals surface area (Å²) in [6.45, 7) is 0.0494. The lowest BCUT2D eigenvalue weighted by Crippen LogP contribution is -2.09. The fraction of sp³-hybridized carbons (Fsp3) is 0.0909. The number of hydrogen-bond acceptors (Lipinski definition) is 6. The average Bonchev–Trinajstić information content (AvgIpc) is 3.17. The number of fused-ring (bicyclic) bond motifs is 7. The predicted molar refractivity (Wildman–Crippen MR) is 108 cm³/mol. The second-order valence-electron chi connectivity index (χ2n) is 7.03. The Morgan fingerprint density at radius 1 is 1.10 bits per heavy atom. The molecule has 0 spiro atoms. The number of rotatable bonds is 0. The van der Waals surface area contributed by atoms with Crippen molar-refractivity contribution in [2.75, 3.05) is 5.73 Å². The number of ether oxygens (including phenoxy) is 1. The summed E-state index contributed by atoms with van der Waals surface area (Å²) in [4.78, 5) is 12.3. The fourth-order valence-electron chi connectivity index (χ4n) is 3.71. The lowest BCUT2D eigenvalue weighted by Gasteiger charge is -2.18. The maximum atomic E-state index is 14.9. The Bertz CT molecular complexity index is 1380. The van der Waals surface area contributed by atoms with Gasteiger partial charge in [0.05, 0.1) is 24.8 Å². The second-order valence-corrected chi connectivity index (χ2v) is 7.03. The summed E-state index contributed by atoms with van der Waals surface area (Å²) in [6, 6.07) is 7.89. The molecule has 0 saturated carbocycles. The molecule has 9 heteroatoms. The minimum atomic E-state index is -0.528. The number of benzene rings is 1. The van der Waals surface area contributed by atoms with Crippen LogP contribution in [0.4, 0.5) is 14.6 Å². The van der Waals surface area contributed by atoms with Crippen molar-refractivity contribution in [3.8, 4) is 34.2 Å². The fourth-order valence-corrected chi connectivity index (χ4v) is 3.71. The molecule has 0 fully saturated rings. The van der Waals surface area contributed by atoms with E-state index in [4.69, 9.17) is 10.5 Å². The van der Waals surface area contributed by atoms with E-state index in [2.05, 4.69) is 21.0 Å². The third-order valence-electron chi connectivity index (χ3n) is 5.17. The minimum absolute atomic E-state index is 0.0251. The van der Waals surface area contributed by atoms with Crippen LogP contribution in [-0.4, -0.2) is 19.5 Å². The lowest BCUT2D eigenvalue weighted by atomic mass is 9.96. The van der Waals surface area contributed by atoms with Gasteiger partial charge in [-0.1, -0.05) is 6.07 Å². The highest BCUT2D eigenvalue weighted by molar-refractivity contribution is 5.72. The van der Waals surface area contributed by atoms with Gasteiger partial charge in [-0.25, -0.2) is 18.7 Å². The average molecular weight is 416 g/mol. The van der Waals surface area contributed by atoms with Crippen molar-refractivity contribution >= 4 is 5.82 Å². The van der Waals surface area contributed by atoms with E-state index in [1.165, 1.54) is 30.9 Å². The Kier molecular flexibility index (Phi) is 4.33. The number of aromatic nitrogens is 4. The number of anilines is 1. The van der Waals surface area contributed by atoms with Crippen molar-refractivity contribution in [3.05, 3.63) is 77.6 Å². The molecule has 4 aromatic rings. The highest BCUT2D eigenvalue weighted by atomic mass is 19.1. The van der Waals surface area contributed by atoms with E-state index >= 15 is 0 Å². The van der Waals surface area contributed by atoms with Crippen LogP contribution in [0.15, 0.2) is 49.2 Å². The van der Waals surface area contributed by atoms with Crippen molar-refractivity contribution in [3.63, 3.8) is 0 Å². The molecule has 0 aliphatic carbocycles. The van der Waals surface area contributed by atoms with E-state index in [0.717, 1.165) is 6.20 Å². The number of nitrogens with zero attached hydrogens (tertiary/aromatic N) is 5. The summed E-state index contributed by atoms with van der Waals surface area (Å²) in [5.74, 6) is -0.547. The standard InChI is InChI=1S/C22H14F2N6O/c23-14-1-2-15-13(3-14)10-31-20-4-12(6-28-22(20)26)21-19(5-25)29-11-30(21)9-17-16(15)7-27-8-18(17)24/h1-4,6-8,11H,9-10H2,(H2,26,28). The predicted octanol–water partition coefficient (Wildman–Crippen LogP) is 3.68. The van der Waals surface area contributed by atoms with Gasteiger partial charge in [0.25, 0.3) is 0 Å². The zero-order valence-corrected chi connectivity index (χ0v) is 16.0. The minimum Gasteiger partial charge on any atom is -0.485 e. The summed E-state index contributed by atoms with van der Waals surface area (Å²) in [6.07, 6.45) is 5.61. The number of nitrogens with two attached hydrogens (primary N) is 1. The van der Waals surface area contributed by atoms with E-state index in [-0.39, 0.29) is 30.4 Å². The number of nitriles is 1. The van der Waals surface area contributed by atoms with E-state index in [0.29, 0.717) is 33.5 Å². The van der Waals surface area contributed by atoms with Gasteiger partial charge < -0.3 is 15.0 Å². The SMILES string of the molecule is N#Cc1ncn2c1-c1cnc(N)c(c1)OCc1cc(F)ccc1-c1cncc(F)c1C2. The molecular weight excluding hydrogens is 402 g/mol. The Balaban J connectivity index is 1.82. The Morgan fingerprint density at radius 2 is 1.97 bits per heavy atom. The molecule has 152 valence electrons. The third kappa shape index (κ3) is 3.14. The maximum absolute atomic E-state index is 14.9. The van der Waals surface area contributed by atoms with Crippen LogP contribution in [0.3, 0.4) is 0 Å². The first-order chi connectivity index (χ1) is 15.0. The smallest absolute Gasteiger partial charge is 0.166 e. The van der Waals surface area contributed by atoms with Crippen molar-refractivity contribution in [2.24, 2.45) is 0 Å². The quantitative estimate of drug-likeness (QED) is 0.469. The van der Waals surface area contributed by atoms with E-state index in [9.17, 15) is 14.0 Å². The number of hydrogen-bond donors (Lipinski definition) is 1. The van der Waals surface area contributed by atoms with Crippen LogP contribution in [0.1, 0.15) is 16.8 Å².